The lowest BCUT2D eigenvalue weighted by molar-refractivity contribution is -0.149. The highest BCUT2D eigenvalue weighted by atomic mass is 79.9. The van der Waals surface area contributed by atoms with Crippen LogP contribution in [0.25, 0.3) is 0 Å². The zero-order valence-electron chi connectivity index (χ0n) is 11.1. The number of imide groups is 1. The summed E-state index contributed by atoms with van der Waals surface area (Å²) in [5, 5.41) is 2.26. The van der Waals surface area contributed by atoms with Crippen LogP contribution in [0.5, 0.6) is 0 Å². The highest BCUT2D eigenvalue weighted by molar-refractivity contribution is 9.10. The molecule has 1 aliphatic rings. The average Bonchev–Trinajstić information content (AvgIpc) is 2.37. The summed E-state index contributed by atoms with van der Waals surface area (Å²) >= 11 is 3.35. The van der Waals surface area contributed by atoms with Gasteiger partial charge in [0.25, 0.3) is 0 Å². The molecule has 1 atom stereocenters. The standard InChI is InChI=1S/C14H15BrN2O3/c1-2-11-14(20)16-12(18)8-17(11)13(19)7-9-4-3-5-10(15)6-9/h3-6,11H,2,7-8H2,1H3,(H,16,18,20). The molecule has 3 amide bonds. The van der Waals surface area contributed by atoms with Crippen LogP contribution >= 0.6 is 15.9 Å². The first-order chi connectivity index (χ1) is 9.51. The summed E-state index contributed by atoms with van der Waals surface area (Å²) in [5.41, 5.74) is 0.845. The zero-order valence-corrected chi connectivity index (χ0v) is 12.6. The lowest BCUT2D eigenvalue weighted by Gasteiger charge is -2.33. The predicted molar refractivity (Wildman–Crippen MR) is 76.8 cm³/mol. The van der Waals surface area contributed by atoms with Gasteiger partial charge in [0.2, 0.25) is 17.7 Å². The van der Waals surface area contributed by atoms with Crippen LogP contribution in [0.2, 0.25) is 0 Å². The number of piperazine rings is 1. The molecule has 6 heteroatoms. The van der Waals surface area contributed by atoms with Gasteiger partial charge in [0, 0.05) is 4.47 Å². The highest BCUT2D eigenvalue weighted by Gasteiger charge is 2.35. The summed E-state index contributed by atoms with van der Waals surface area (Å²) in [7, 11) is 0. The molecule has 0 aromatic heterocycles. The fraction of sp³-hybridized carbons (Fsp3) is 0.357. The van der Waals surface area contributed by atoms with Crippen molar-refractivity contribution in [3.8, 4) is 0 Å². The topological polar surface area (TPSA) is 66.5 Å². The number of hydrogen-bond donors (Lipinski definition) is 1. The molecule has 1 N–H and O–H groups in total. The van der Waals surface area contributed by atoms with Gasteiger partial charge in [0.1, 0.15) is 12.6 Å². The molecule has 1 unspecified atom stereocenters. The van der Waals surface area contributed by atoms with E-state index in [1.165, 1.54) is 4.90 Å². The minimum Gasteiger partial charge on any atom is -0.321 e. The van der Waals surface area contributed by atoms with Crippen LogP contribution in [0.1, 0.15) is 18.9 Å². The average molecular weight is 339 g/mol. The van der Waals surface area contributed by atoms with Crippen molar-refractivity contribution >= 4 is 33.7 Å². The maximum atomic E-state index is 12.3. The summed E-state index contributed by atoms with van der Waals surface area (Å²) in [6.45, 7) is 1.76. The van der Waals surface area contributed by atoms with Crippen molar-refractivity contribution in [2.75, 3.05) is 6.54 Å². The van der Waals surface area contributed by atoms with Crippen molar-refractivity contribution in [2.45, 2.75) is 25.8 Å². The Morgan fingerprint density at radius 3 is 2.85 bits per heavy atom. The predicted octanol–water partition coefficient (Wildman–Crippen LogP) is 1.26. The first kappa shape index (κ1) is 14.7. The fourth-order valence-electron chi connectivity index (χ4n) is 2.26. The van der Waals surface area contributed by atoms with Crippen molar-refractivity contribution in [1.29, 1.82) is 0 Å². The maximum Gasteiger partial charge on any atom is 0.249 e. The normalized spacial score (nSPS) is 18.9. The molecule has 0 radical (unpaired) electrons. The number of rotatable bonds is 3. The molecule has 2 rings (SSSR count). The van der Waals surface area contributed by atoms with Gasteiger partial charge < -0.3 is 4.90 Å². The van der Waals surface area contributed by atoms with E-state index in [1.807, 2.05) is 31.2 Å². The van der Waals surface area contributed by atoms with Gasteiger partial charge in [-0.1, -0.05) is 35.0 Å². The largest absolute Gasteiger partial charge is 0.321 e. The summed E-state index contributed by atoms with van der Waals surface area (Å²) < 4.78 is 0.891. The van der Waals surface area contributed by atoms with Crippen molar-refractivity contribution in [3.05, 3.63) is 34.3 Å². The van der Waals surface area contributed by atoms with E-state index in [1.54, 1.807) is 0 Å². The van der Waals surface area contributed by atoms with Crippen molar-refractivity contribution in [1.82, 2.24) is 10.2 Å². The van der Waals surface area contributed by atoms with Crippen LogP contribution in [-0.4, -0.2) is 35.2 Å². The van der Waals surface area contributed by atoms with E-state index < -0.39 is 17.9 Å². The van der Waals surface area contributed by atoms with Gasteiger partial charge in [-0.2, -0.15) is 0 Å². The molecule has 5 nitrogen and oxygen atoms in total. The monoisotopic (exact) mass is 338 g/mol. The van der Waals surface area contributed by atoms with Crippen molar-refractivity contribution < 1.29 is 14.4 Å². The Balaban J connectivity index is 2.14. The van der Waals surface area contributed by atoms with Gasteiger partial charge in [0.15, 0.2) is 0 Å². The smallest absolute Gasteiger partial charge is 0.249 e. The third-order valence-electron chi connectivity index (χ3n) is 3.21. The van der Waals surface area contributed by atoms with Crippen LogP contribution in [-0.2, 0) is 20.8 Å². The second-order valence-corrected chi connectivity index (χ2v) is 5.58. The van der Waals surface area contributed by atoms with E-state index in [9.17, 15) is 14.4 Å². The zero-order chi connectivity index (χ0) is 14.7. The van der Waals surface area contributed by atoms with E-state index in [4.69, 9.17) is 0 Å². The Hall–Kier alpha value is -1.69. The number of carbonyl (C=O) groups is 3. The summed E-state index contributed by atoms with van der Waals surface area (Å²) in [5.74, 6) is -1.04. The molecular weight excluding hydrogens is 324 g/mol. The van der Waals surface area contributed by atoms with Crippen LogP contribution in [0.15, 0.2) is 28.7 Å². The number of nitrogens with zero attached hydrogens (tertiary/aromatic N) is 1. The molecule has 1 aromatic carbocycles. The van der Waals surface area contributed by atoms with E-state index >= 15 is 0 Å². The Kier molecular flexibility index (Phi) is 4.54. The molecule has 20 heavy (non-hydrogen) atoms. The number of halogens is 1. The quantitative estimate of drug-likeness (QED) is 0.843. The van der Waals surface area contributed by atoms with E-state index in [2.05, 4.69) is 21.2 Å². The molecule has 0 spiro atoms. The van der Waals surface area contributed by atoms with Crippen LogP contribution in [0.3, 0.4) is 0 Å². The molecule has 0 aliphatic carbocycles. The van der Waals surface area contributed by atoms with E-state index in [0.717, 1.165) is 10.0 Å². The van der Waals surface area contributed by atoms with Gasteiger partial charge in [-0.3, -0.25) is 19.7 Å². The number of carbonyl (C=O) groups excluding carboxylic acids is 3. The summed E-state index contributed by atoms with van der Waals surface area (Å²) in [6.07, 6.45) is 0.667. The second-order valence-electron chi connectivity index (χ2n) is 4.66. The number of nitrogens with one attached hydrogen (secondary N) is 1. The van der Waals surface area contributed by atoms with E-state index in [0.29, 0.717) is 6.42 Å². The van der Waals surface area contributed by atoms with Gasteiger partial charge >= 0.3 is 0 Å². The summed E-state index contributed by atoms with van der Waals surface area (Å²) in [4.78, 5) is 36.8. The SMILES string of the molecule is CCC1C(=O)NC(=O)CN1C(=O)Cc1cccc(Br)c1. The lowest BCUT2D eigenvalue weighted by Crippen LogP contribution is -2.59. The highest BCUT2D eigenvalue weighted by Crippen LogP contribution is 2.15. The Bertz CT molecular complexity index is 559. The van der Waals surface area contributed by atoms with Gasteiger partial charge in [-0.15, -0.1) is 0 Å². The second kappa shape index (κ2) is 6.17. The first-order valence-corrected chi connectivity index (χ1v) is 7.18. The Morgan fingerprint density at radius 1 is 1.45 bits per heavy atom. The first-order valence-electron chi connectivity index (χ1n) is 6.39. The molecule has 1 heterocycles. The lowest BCUT2D eigenvalue weighted by atomic mass is 10.1. The molecule has 1 aromatic rings. The molecule has 1 fully saturated rings. The molecular formula is C14H15BrN2O3. The molecule has 0 saturated carbocycles. The molecule has 1 aliphatic heterocycles. The third kappa shape index (κ3) is 3.25. The van der Waals surface area contributed by atoms with Gasteiger partial charge in [-0.05, 0) is 24.1 Å². The third-order valence-corrected chi connectivity index (χ3v) is 3.70. The Labute approximate surface area is 125 Å². The van der Waals surface area contributed by atoms with E-state index in [-0.39, 0.29) is 18.9 Å². The molecule has 106 valence electrons. The Morgan fingerprint density at radius 2 is 2.20 bits per heavy atom. The minimum absolute atomic E-state index is 0.0584. The van der Waals surface area contributed by atoms with Gasteiger partial charge in [-0.25, -0.2) is 0 Å². The van der Waals surface area contributed by atoms with Gasteiger partial charge in [0.05, 0.1) is 6.42 Å². The fourth-order valence-corrected chi connectivity index (χ4v) is 2.70. The summed E-state index contributed by atoms with van der Waals surface area (Å²) in [6, 6.07) is 6.85. The molecule has 0 bridgehead atoms. The molecule has 1 saturated heterocycles. The number of benzene rings is 1. The maximum absolute atomic E-state index is 12.3. The van der Waals surface area contributed by atoms with Crippen LogP contribution < -0.4 is 5.32 Å². The number of amides is 3. The minimum atomic E-state index is -0.563. The van der Waals surface area contributed by atoms with Crippen LogP contribution in [0.4, 0.5) is 0 Å². The van der Waals surface area contributed by atoms with Crippen molar-refractivity contribution in [2.24, 2.45) is 0 Å². The van der Waals surface area contributed by atoms with Crippen LogP contribution in [0, 0.1) is 0 Å². The van der Waals surface area contributed by atoms with Crippen molar-refractivity contribution in [3.63, 3.8) is 0 Å². The number of hydrogen-bond acceptors (Lipinski definition) is 3.